The van der Waals surface area contributed by atoms with Crippen LogP contribution in [-0.4, -0.2) is 37.2 Å². The molecule has 1 saturated carbocycles. The summed E-state index contributed by atoms with van der Waals surface area (Å²) >= 11 is 0. The van der Waals surface area contributed by atoms with Crippen LogP contribution >= 0.6 is 0 Å². The van der Waals surface area contributed by atoms with Gasteiger partial charge in [0.1, 0.15) is 0 Å². The largest absolute Gasteiger partial charge is 0.377 e. The highest BCUT2D eigenvalue weighted by atomic mass is 16.5. The average Bonchev–Trinajstić information content (AvgIpc) is 2.06. The van der Waals surface area contributed by atoms with Gasteiger partial charge in [-0.25, -0.2) is 0 Å². The Morgan fingerprint density at radius 3 is 2.38 bits per heavy atom. The number of hydrogen-bond acceptors (Lipinski definition) is 3. The fraction of sp³-hybridized carbons (Fsp3) is 0.917. The highest BCUT2D eigenvalue weighted by Gasteiger charge is 2.36. The van der Waals surface area contributed by atoms with Crippen molar-refractivity contribution in [3.8, 4) is 0 Å². The summed E-state index contributed by atoms with van der Waals surface area (Å²) in [6.45, 7) is 7.07. The van der Waals surface area contributed by atoms with Gasteiger partial charge in [-0.15, -0.1) is 0 Å². The molecule has 0 aliphatic heterocycles. The lowest BCUT2D eigenvalue weighted by Gasteiger charge is -2.40. The molecule has 0 spiro atoms. The minimum Gasteiger partial charge on any atom is -0.377 e. The first-order valence-electron chi connectivity index (χ1n) is 5.94. The molecule has 4 heteroatoms. The van der Waals surface area contributed by atoms with E-state index >= 15 is 0 Å². The average molecular weight is 228 g/mol. The van der Waals surface area contributed by atoms with E-state index in [0.29, 0.717) is 6.54 Å². The number of carbonyl (C=O) groups is 1. The second kappa shape index (κ2) is 5.15. The molecule has 0 aromatic rings. The zero-order valence-corrected chi connectivity index (χ0v) is 10.9. The van der Waals surface area contributed by atoms with Gasteiger partial charge < -0.3 is 15.4 Å². The van der Waals surface area contributed by atoms with Crippen molar-refractivity contribution in [1.29, 1.82) is 0 Å². The van der Waals surface area contributed by atoms with E-state index in [1.165, 1.54) is 6.42 Å². The van der Waals surface area contributed by atoms with Gasteiger partial charge in [0.25, 0.3) is 0 Å². The van der Waals surface area contributed by atoms with Crippen LogP contribution in [0.5, 0.6) is 0 Å². The van der Waals surface area contributed by atoms with Crippen LogP contribution in [0.15, 0.2) is 0 Å². The van der Waals surface area contributed by atoms with Gasteiger partial charge in [-0.05, 0) is 40.0 Å². The van der Waals surface area contributed by atoms with Crippen LogP contribution in [0, 0.1) is 0 Å². The first kappa shape index (κ1) is 13.5. The van der Waals surface area contributed by atoms with Gasteiger partial charge in [0.05, 0.1) is 12.1 Å². The Labute approximate surface area is 98.1 Å². The van der Waals surface area contributed by atoms with Gasteiger partial charge in [0, 0.05) is 19.2 Å². The lowest BCUT2D eigenvalue weighted by molar-refractivity contribution is -0.122. The molecule has 0 atom stereocenters. The minimum absolute atomic E-state index is 0.0119. The summed E-state index contributed by atoms with van der Waals surface area (Å²) in [7, 11) is 1.75. The van der Waals surface area contributed by atoms with Crippen molar-refractivity contribution in [3.63, 3.8) is 0 Å². The number of ether oxygens (including phenoxy) is 1. The highest BCUT2D eigenvalue weighted by molar-refractivity contribution is 5.78. The van der Waals surface area contributed by atoms with Crippen LogP contribution < -0.4 is 10.6 Å². The van der Waals surface area contributed by atoms with E-state index in [0.717, 1.165) is 19.4 Å². The van der Waals surface area contributed by atoms with Gasteiger partial charge in [-0.1, -0.05) is 0 Å². The van der Waals surface area contributed by atoms with Crippen molar-refractivity contribution in [3.05, 3.63) is 0 Å². The van der Waals surface area contributed by atoms with Gasteiger partial charge >= 0.3 is 0 Å². The Balaban J connectivity index is 2.18. The molecule has 0 bridgehead atoms. The molecule has 1 fully saturated rings. The molecule has 1 amide bonds. The predicted octanol–water partition coefficient (Wildman–Crippen LogP) is 1.06. The van der Waals surface area contributed by atoms with Crippen LogP contribution in [0.25, 0.3) is 0 Å². The molecule has 0 radical (unpaired) electrons. The Bertz CT molecular complexity index is 236. The lowest BCUT2D eigenvalue weighted by atomic mass is 9.80. The topological polar surface area (TPSA) is 50.4 Å². The molecule has 16 heavy (non-hydrogen) atoms. The number of rotatable bonds is 5. The number of methoxy groups -OCH3 is 1. The van der Waals surface area contributed by atoms with Crippen molar-refractivity contribution in [2.45, 2.75) is 51.2 Å². The molecule has 1 aliphatic carbocycles. The van der Waals surface area contributed by atoms with Gasteiger partial charge in [0.15, 0.2) is 0 Å². The minimum atomic E-state index is -0.159. The van der Waals surface area contributed by atoms with E-state index in [4.69, 9.17) is 4.74 Å². The molecular formula is C12H24N2O2. The molecule has 4 nitrogen and oxygen atoms in total. The van der Waals surface area contributed by atoms with Crippen LogP contribution in [0.4, 0.5) is 0 Å². The van der Waals surface area contributed by atoms with E-state index in [1.807, 2.05) is 20.8 Å². The normalized spacial score (nSPS) is 19.0. The Morgan fingerprint density at radius 1 is 1.38 bits per heavy atom. The molecular weight excluding hydrogens is 204 g/mol. The monoisotopic (exact) mass is 228 g/mol. The summed E-state index contributed by atoms with van der Waals surface area (Å²) in [4.78, 5) is 11.5. The molecule has 0 aromatic carbocycles. The predicted molar refractivity (Wildman–Crippen MR) is 64.4 cm³/mol. The van der Waals surface area contributed by atoms with E-state index in [2.05, 4.69) is 10.6 Å². The second-order valence-corrected chi connectivity index (χ2v) is 5.64. The van der Waals surface area contributed by atoms with Gasteiger partial charge in [-0.3, -0.25) is 4.79 Å². The first-order chi connectivity index (χ1) is 7.37. The van der Waals surface area contributed by atoms with Crippen molar-refractivity contribution in [2.24, 2.45) is 0 Å². The number of nitrogens with one attached hydrogen (secondary N) is 2. The lowest BCUT2D eigenvalue weighted by Crippen LogP contribution is -2.51. The summed E-state index contributed by atoms with van der Waals surface area (Å²) in [5.74, 6) is 0.0399. The number of hydrogen-bond donors (Lipinski definition) is 2. The summed E-state index contributed by atoms with van der Waals surface area (Å²) in [6, 6.07) is 0. The second-order valence-electron chi connectivity index (χ2n) is 5.64. The third-order valence-electron chi connectivity index (χ3n) is 2.94. The summed E-state index contributed by atoms with van der Waals surface area (Å²) in [6.07, 6.45) is 3.42. The van der Waals surface area contributed by atoms with Gasteiger partial charge in [0.2, 0.25) is 5.91 Å². The molecule has 94 valence electrons. The van der Waals surface area contributed by atoms with E-state index in [-0.39, 0.29) is 17.0 Å². The summed E-state index contributed by atoms with van der Waals surface area (Å²) < 4.78 is 5.46. The van der Waals surface area contributed by atoms with Crippen LogP contribution in [0.3, 0.4) is 0 Å². The molecule has 1 aliphatic rings. The fourth-order valence-electron chi connectivity index (χ4n) is 1.89. The van der Waals surface area contributed by atoms with E-state index in [1.54, 1.807) is 7.11 Å². The zero-order chi connectivity index (χ0) is 12.2. The third kappa shape index (κ3) is 4.10. The summed E-state index contributed by atoms with van der Waals surface area (Å²) in [5.41, 5.74) is -0.170. The van der Waals surface area contributed by atoms with E-state index in [9.17, 15) is 4.79 Å². The third-order valence-corrected chi connectivity index (χ3v) is 2.94. The molecule has 0 saturated heterocycles. The van der Waals surface area contributed by atoms with Crippen molar-refractivity contribution < 1.29 is 9.53 Å². The van der Waals surface area contributed by atoms with E-state index < -0.39 is 0 Å². The first-order valence-corrected chi connectivity index (χ1v) is 5.94. The zero-order valence-electron chi connectivity index (χ0n) is 10.9. The smallest absolute Gasteiger partial charge is 0.234 e. The SMILES string of the molecule is COC1(CNCC(=O)NC(C)(C)C)CCC1. The number of carbonyl (C=O) groups excluding carboxylic acids is 1. The maximum Gasteiger partial charge on any atom is 0.234 e. The molecule has 0 heterocycles. The Morgan fingerprint density at radius 2 is 2.00 bits per heavy atom. The highest BCUT2D eigenvalue weighted by Crippen LogP contribution is 2.34. The molecule has 2 N–H and O–H groups in total. The molecule has 1 rings (SSSR count). The van der Waals surface area contributed by atoms with Crippen molar-refractivity contribution in [2.75, 3.05) is 20.2 Å². The maximum atomic E-state index is 11.5. The summed E-state index contributed by atoms with van der Waals surface area (Å²) in [5, 5.41) is 6.08. The van der Waals surface area contributed by atoms with Crippen LogP contribution in [-0.2, 0) is 9.53 Å². The van der Waals surface area contributed by atoms with Crippen molar-refractivity contribution >= 4 is 5.91 Å². The Hall–Kier alpha value is -0.610. The van der Waals surface area contributed by atoms with Gasteiger partial charge in [-0.2, -0.15) is 0 Å². The quantitative estimate of drug-likeness (QED) is 0.740. The standard InChI is InChI=1S/C12H24N2O2/c1-11(2,3)14-10(15)8-13-9-12(16-4)6-5-7-12/h13H,5-9H2,1-4H3,(H,14,15). The van der Waals surface area contributed by atoms with Crippen molar-refractivity contribution in [1.82, 2.24) is 10.6 Å². The fourth-order valence-corrected chi connectivity index (χ4v) is 1.89. The maximum absolute atomic E-state index is 11.5. The van der Waals surface area contributed by atoms with Crippen LogP contribution in [0.2, 0.25) is 0 Å². The van der Waals surface area contributed by atoms with Crippen LogP contribution in [0.1, 0.15) is 40.0 Å². The molecule has 0 unspecified atom stereocenters. The Kier molecular flexibility index (Phi) is 4.33. The number of amides is 1. The molecule has 0 aromatic heterocycles.